The Kier molecular flexibility index (Phi) is 4.61. The van der Waals surface area contributed by atoms with Crippen LogP contribution >= 0.6 is 0 Å². The van der Waals surface area contributed by atoms with Gasteiger partial charge in [0.1, 0.15) is 5.54 Å². The molecule has 0 aromatic rings. The highest BCUT2D eigenvalue weighted by Crippen LogP contribution is 2.31. The van der Waals surface area contributed by atoms with Crippen molar-refractivity contribution in [3.63, 3.8) is 0 Å². The molecule has 0 aromatic heterocycles. The van der Waals surface area contributed by atoms with Crippen molar-refractivity contribution in [3.8, 4) is 0 Å². The van der Waals surface area contributed by atoms with Crippen LogP contribution in [-0.2, 0) is 9.59 Å². The molecular formula is C14H26N2O3. The van der Waals surface area contributed by atoms with Crippen LogP contribution in [0.4, 0.5) is 0 Å². The Labute approximate surface area is 115 Å². The van der Waals surface area contributed by atoms with Gasteiger partial charge < -0.3 is 10.4 Å². The van der Waals surface area contributed by atoms with Crippen LogP contribution in [0.25, 0.3) is 0 Å². The first-order valence-electron chi connectivity index (χ1n) is 6.96. The molecule has 0 radical (unpaired) electrons. The van der Waals surface area contributed by atoms with Crippen molar-refractivity contribution in [2.75, 3.05) is 6.54 Å². The van der Waals surface area contributed by atoms with Gasteiger partial charge in [-0.25, -0.2) is 0 Å². The van der Waals surface area contributed by atoms with E-state index in [1.165, 1.54) is 0 Å². The number of carbonyl (C=O) groups excluding carboxylic acids is 1. The molecule has 1 rings (SSSR count). The molecule has 1 saturated heterocycles. The zero-order valence-electron chi connectivity index (χ0n) is 12.6. The Morgan fingerprint density at radius 1 is 1.47 bits per heavy atom. The molecule has 19 heavy (non-hydrogen) atoms. The molecule has 0 bridgehead atoms. The number of likely N-dealkylation sites (tertiary alicyclic amines) is 1. The molecule has 5 heteroatoms. The summed E-state index contributed by atoms with van der Waals surface area (Å²) < 4.78 is 0. The van der Waals surface area contributed by atoms with Gasteiger partial charge in [-0.3, -0.25) is 14.5 Å². The van der Waals surface area contributed by atoms with Crippen molar-refractivity contribution >= 4 is 11.9 Å². The van der Waals surface area contributed by atoms with Crippen molar-refractivity contribution in [3.05, 3.63) is 0 Å². The van der Waals surface area contributed by atoms with Gasteiger partial charge in [0, 0.05) is 12.1 Å². The number of aliphatic carboxylic acids is 1. The van der Waals surface area contributed by atoms with Gasteiger partial charge in [0.05, 0.1) is 6.04 Å². The van der Waals surface area contributed by atoms with E-state index in [1.807, 2.05) is 20.8 Å². The highest BCUT2D eigenvalue weighted by Gasteiger charge is 2.47. The molecule has 1 aliphatic heterocycles. The molecule has 1 aliphatic rings. The molecule has 5 nitrogen and oxygen atoms in total. The van der Waals surface area contributed by atoms with Gasteiger partial charge in [0.2, 0.25) is 5.91 Å². The van der Waals surface area contributed by atoms with Crippen LogP contribution in [0.15, 0.2) is 0 Å². The molecule has 110 valence electrons. The number of nitrogens with one attached hydrogen (secondary N) is 1. The summed E-state index contributed by atoms with van der Waals surface area (Å²) in [6.07, 6.45) is 2.25. The summed E-state index contributed by atoms with van der Waals surface area (Å²) in [6, 6.07) is -0.422. The van der Waals surface area contributed by atoms with E-state index in [2.05, 4.69) is 5.32 Å². The molecule has 1 heterocycles. The highest BCUT2D eigenvalue weighted by atomic mass is 16.4. The third kappa shape index (κ3) is 3.26. The number of carboxylic acid groups (broad SMARTS) is 1. The van der Waals surface area contributed by atoms with Crippen molar-refractivity contribution < 1.29 is 14.7 Å². The monoisotopic (exact) mass is 270 g/mol. The lowest BCUT2D eigenvalue weighted by Gasteiger charge is -2.37. The molecule has 2 unspecified atom stereocenters. The summed E-state index contributed by atoms with van der Waals surface area (Å²) in [7, 11) is 0. The molecule has 2 N–H and O–H groups in total. The average molecular weight is 270 g/mol. The molecule has 0 saturated carbocycles. The lowest BCUT2D eigenvalue weighted by molar-refractivity contribution is -0.151. The fourth-order valence-corrected chi connectivity index (χ4v) is 2.50. The Morgan fingerprint density at radius 3 is 2.53 bits per heavy atom. The van der Waals surface area contributed by atoms with E-state index in [-0.39, 0.29) is 11.4 Å². The number of rotatable bonds is 5. The minimum Gasteiger partial charge on any atom is -0.480 e. The fourth-order valence-electron chi connectivity index (χ4n) is 2.50. The SMILES string of the molecule is CCC(C)(C)NC(=O)C(C)N1CCCC1(C)C(=O)O. The number of carboxylic acids is 1. The minimum atomic E-state index is -0.923. The van der Waals surface area contributed by atoms with E-state index in [1.54, 1.807) is 18.7 Å². The van der Waals surface area contributed by atoms with Gasteiger partial charge in [-0.15, -0.1) is 0 Å². The maximum Gasteiger partial charge on any atom is 0.323 e. The zero-order valence-corrected chi connectivity index (χ0v) is 12.6. The summed E-state index contributed by atoms with van der Waals surface area (Å²) >= 11 is 0. The fraction of sp³-hybridized carbons (Fsp3) is 0.857. The Balaban J connectivity index is 2.80. The van der Waals surface area contributed by atoms with Crippen molar-refractivity contribution in [1.29, 1.82) is 0 Å². The second kappa shape index (κ2) is 5.49. The second-order valence-electron chi connectivity index (χ2n) is 6.28. The van der Waals surface area contributed by atoms with Crippen LogP contribution < -0.4 is 5.32 Å². The summed E-state index contributed by atoms with van der Waals surface area (Å²) in [4.78, 5) is 25.5. The van der Waals surface area contributed by atoms with Crippen molar-refractivity contribution in [1.82, 2.24) is 10.2 Å². The Hall–Kier alpha value is -1.10. The quantitative estimate of drug-likeness (QED) is 0.796. The Bertz CT molecular complexity index is 368. The van der Waals surface area contributed by atoms with Crippen molar-refractivity contribution in [2.24, 2.45) is 0 Å². The van der Waals surface area contributed by atoms with Gasteiger partial charge in [-0.2, -0.15) is 0 Å². The molecule has 1 fully saturated rings. The zero-order chi connectivity index (χ0) is 14.8. The summed E-state index contributed by atoms with van der Waals surface area (Å²) in [6.45, 7) is 10.1. The first-order valence-corrected chi connectivity index (χ1v) is 6.96. The summed E-state index contributed by atoms with van der Waals surface area (Å²) in [5.74, 6) is -0.944. The van der Waals surface area contributed by atoms with E-state index < -0.39 is 17.6 Å². The lowest BCUT2D eigenvalue weighted by Crippen LogP contribution is -2.58. The van der Waals surface area contributed by atoms with Crippen LogP contribution in [-0.4, -0.2) is 45.5 Å². The van der Waals surface area contributed by atoms with Gasteiger partial charge in [-0.05, 0) is 47.0 Å². The topological polar surface area (TPSA) is 69.6 Å². The largest absolute Gasteiger partial charge is 0.480 e. The van der Waals surface area contributed by atoms with E-state index in [0.717, 1.165) is 12.8 Å². The maximum absolute atomic E-state index is 12.3. The van der Waals surface area contributed by atoms with Crippen molar-refractivity contribution in [2.45, 2.75) is 71.0 Å². The van der Waals surface area contributed by atoms with Crippen LogP contribution in [0.3, 0.4) is 0 Å². The number of nitrogens with zero attached hydrogens (tertiary/aromatic N) is 1. The normalized spacial score (nSPS) is 26.2. The summed E-state index contributed by atoms with van der Waals surface area (Å²) in [5.41, 5.74) is -1.18. The van der Waals surface area contributed by atoms with Crippen LogP contribution in [0.5, 0.6) is 0 Å². The predicted octanol–water partition coefficient (Wildman–Crippen LogP) is 1.62. The van der Waals surface area contributed by atoms with E-state index in [0.29, 0.717) is 13.0 Å². The van der Waals surface area contributed by atoms with Crippen LogP contribution in [0, 0.1) is 0 Å². The maximum atomic E-state index is 12.3. The highest BCUT2D eigenvalue weighted by molar-refractivity contribution is 5.84. The number of hydrogen-bond donors (Lipinski definition) is 2. The predicted molar refractivity (Wildman–Crippen MR) is 74.0 cm³/mol. The first kappa shape index (κ1) is 16.0. The average Bonchev–Trinajstić information content (AvgIpc) is 2.71. The Morgan fingerprint density at radius 2 is 2.05 bits per heavy atom. The molecular weight excluding hydrogens is 244 g/mol. The van der Waals surface area contributed by atoms with Gasteiger partial charge in [0.15, 0.2) is 0 Å². The number of carbonyl (C=O) groups is 2. The van der Waals surface area contributed by atoms with Crippen LogP contribution in [0.1, 0.15) is 53.9 Å². The molecule has 0 spiro atoms. The smallest absolute Gasteiger partial charge is 0.323 e. The summed E-state index contributed by atoms with van der Waals surface area (Å²) in [5, 5.41) is 12.4. The lowest BCUT2D eigenvalue weighted by atomic mass is 9.97. The number of amides is 1. The van der Waals surface area contributed by atoms with Gasteiger partial charge >= 0.3 is 5.97 Å². The third-order valence-corrected chi connectivity index (χ3v) is 4.35. The van der Waals surface area contributed by atoms with E-state index in [9.17, 15) is 14.7 Å². The van der Waals surface area contributed by atoms with Gasteiger partial charge in [-0.1, -0.05) is 6.92 Å². The third-order valence-electron chi connectivity index (χ3n) is 4.35. The molecule has 0 aromatic carbocycles. The standard InChI is InChI=1S/C14H26N2O3/c1-6-13(3,4)15-11(17)10(2)16-9-7-8-14(16,5)12(18)19/h10H,6-9H2,1-5H3,(H,15,17)(H,18,19). The van der Waals surface area contributed by atoms with E-state index >= 15 is 0 Å². The second-order valence-corrected chi connectivity index (χ2v) is 6.28. The minimum absolute atomic E-state index is 0.0961. The van der Waals surface area contributed by atoms with E-state index in [4.69, 9.17) is 0 Å². The number of hydrogen-bond acceptors (Lipinski definition) is 3. The van der Waals surface area contributed by atoms with Gasteiger partial charge in [0.25, 0.3) is 0 Å². The molecule has 2 atom stereocenters. The molecule has 0 aliphatic carbocycles. The van der Waals surface area contributed by atoms with Crippen LogP contribution in [0.2, 0.25) is 0 Å². The first-order chi connectivity index (χ1) is 8.64. The molecule has 1 amide bonds.